The number of hydrogen-bond acceptors (Lipinski definition) is 4. The predicted molar refractivity (Wildman–Crippen MR) is 91.6 cm³/mol. The van der Waals surface area contributed by atoms with Gasteiger partial charge in [0.1, 0.15) is 0 Å². The van der Waals surface area contributed by atoms with Gasteiger partial charge >= 0.3 is 6.18 Å². The molecule has 1 aromatic heterocycles. The largest absolute Gasteiger partial charge is 0.416 e. The number of alkyl halides is 3. The first-order chi connectivity index (χ1) is 12.4. The second-order valence-electron chi connectivity index (χ2n) is 6.04. The molecule has 0 unspecified atom stereocenters. The van der Waals surface area contributed by atoms with E-state index in [-0.39, 0.29) is 5.91 Å². The van der Waals surface area contributed by atoms with Crippen LogP contribution in [-0.4, -0.2) is 47.0 Å². The molecule has 2 aromatic rings. The van der Waals surface area contributed by atoms with Crippen LogP contribution in [0.1, 0.15) is 18.9 Å². The van der Waals surface area contributed by atoms with E-state index in [1.807, 2.05) is 11.8 Å². The van der Waals surface area contributed by atoms with Crippen LogP contribution >= 0.6 is 0 Å². The Bertz CT molecular complexity index is 786. The Hall–Kier alpha value is -2.64. The second kappa shape index (κ2) is 7.31. The number of hydrogen-bond donors (Lipinski definition) is 0. The first-order valence-electron chi connectivity index (χ1n) is 8.42. The highest BCUT2D eigenvalue weighted by Gasteiger charge is 2.30. The lowest BCUT2D eigenvalue weighted by Crippen LogP contribution is -2.49. The van der Waals surface area contributed by atoms with Gasteiger partial charge in [-0.25, -0.2) is 9.97 Å². The van der Waals surface area contributed by atoms with Crippen molar-refractivity contribution in [1.82, 2.24) is 14.9 Å². The fourth-order valence-electron chi connectivity index (χ4n) is 2.90. The normalized spacial score (nSPS) is 15.2. The van der Waals surface area contributed by atoms with Crippen molar-refractivity contribution >= 4 is 11.9 Å². The maximum Gasteiger partial charge on any atom is 0.416 e. The van der Waals surface area contributed by atoms with Gasteiger partial charge in [0.2, 0.25) is 11.9 Å². The Labute approximate surface area is 149 Å². The standard InChI is InChI=1S/C18H19F3N4O/c1-2-16(26)24-8-10-25(11-9-24)17-22-7-6-15(23-17)13-4-3-5-14(12-13)18(19,20)21/h3-7,12H,2,8-11H2,1H3. The van der Waals surface area contributed by atoms with E-state index in [1.165, 1.54) is 6.07 Å². The summed E-state index contributed by atoms with van der Waals surface area (Å²) in [4.78, 5) is 24.1. The lowest BCUT2D eigenvalue weighted by molar-refractivity contribution is -0.137. The molecule has 8 heteroatoms. The Kier molecular flexibility index (Phi) is 5.11. The molecule has 1 fully saturated rings. The van der Waals surface area contributed by atoms with Gasteiger partial charge in [0.15, 0.2) is 0 Å². The fourth-order valence-corrected chi connectivity index (χ4v) is 2.90. The van der Waals surface area contributed by atoms with Gasteiger partial charge in [-0.15, -0.1) is 0 Å². The smallest absolute Gasteiger partial charge is 0.339 e. The number of aromatic nitrogens is 2. The Morgan fingerprint density at radius 3 is 2.54 bits per heavy atom. The number of benzene rings is 1. The van der Waals surface area contributed by atoms with E-state index < -0.39 is 11.7 Å². The van der Waals surface area contributed by atoms with E-state index in [9.17, 15) is 18.0 Å². The average molecular weight is 364 g/mol. The zero-order chi connectivity index (χ0) is 18.7. The van der Waals surface area contributed by atoms with Gasteiger partial charge in [0, 0.05) is 44.4 Å². The summed E-state index contributed by atoms with van der Waals surface area (Å²) in [6.45, 7) is 4.19. The molecule has 0 atom stereocenters. The summed E-state index contributed by atoms with van der Waals surface area (Å²) < 4.78 is 38.7. The minimum absolute atomic E-state index is 0.114. The summed E-state index contributed by atoms with van der Waals surface area (Å²) >= 11 is 0. The van der Waals surface area contributed by atoms with Crippen LogP contribution in [0, 0.1) is 0 Å². The molecule has 5 nitrogen and oxygen atoms in total. The van der Waals surface area contributed by atoms with Crippen LogP contribution in [-0.2, 0) is 11.0 Å². The van der Waals surface area contributed by atoms with Crippen molar-refractivity contribution in [3.05, 3.63) is 42.1 Å². The first-order valence-corrected chi connectivity index (χ1v) is 8.42. The minimum atomic E-state index is -4.39. The Balaban J connectivity index is 1.79. The van der Waals surface area contributed by atoms with E-state index >= 15 is 0 Å². The average Bonchev–Trinajstić information content (AvgIpc) is 2.67. The highest BCUT2D eigenvalue weighted by Crippen LogP contribution is 2.31. The molecule has 0 saturated carbocycles. The molecule has 0 bridgehead atoms. The predicted octanol–water partition coefficient (Wildman–Crippen LogP) is 3.22. The molecule has 1 aliphatic rings. The van der Waals surface area contributed by atoms with Gasteiger partial charge in [0.25, 0.3) is 0 Å². The molecule has 2 heterocycles. The van der Waals surface area contributed by atoms with Gasteiger partial charge in [-0.3, -0.25) is 4.79 Å². The summed E-state index contributed by atoms with van der Waals surface area (Å²) in [7, 11) is 0. The van der Waals surface area contributed by atoms with Gasteiger partial charge < -0.3 is 9.80 Å². The third-order valence-corrected chi connectivity index (χ3v) is 4.35. The van der Waals surface area contributed by atoms with Crippen molar-refractivity contribution in [3.8, 4) is 11.3 Å². The maximum atomic E-state index is 12.9. The van der Waals surface area contributed by atoms with Crippen molar-refractivity contribution in [2.75, 3.05) is 31.1 Å². The van der Waals surface area contributed by atoms with Crippen molar-refractivity contribution in [3.63, 3.8) is 0 Å². The highest BCUT2D eigenvalue weighted by atomic mass is 19.4. The van der Waals surface area contributed by atoms with E-state index in [0.717, 1.165) is 12.1 Å². The van der Waals surface area contributed by atoms with Gasteiger partial charge in [-0.2, -0.15) is 13.2 Å². The molecular formula is C18H19F3N4O. The lowest BCUT2D eigenvalue weighted by atomic mass is 10.1. The van der Waals surface area contributed by atoms with E-state index in [4.69, 9.17) is 0 Å². The van der Waals surface area contributed by atoms with E-state index in [2.05, 4.69) is 9.97 Å². The number of halogens is 3. The summed E-state index contributed by atoms with van der Waals surface area (Å²) in [5, 5.41) is 0. The number of anilines is 1. The van der Waals surface area contributed by atoms with E-state index in [1.54, 1.807) is 23.2 Å². The fraction of sp³-hybridized carbons (Fsp3) is 0.389. The number of nitrogens with zero attached hydrogens (tertiary/aromatic N) is 4. The topological polar surface area (TPSA) is 49.3 Å². The number of rotatable bonds is 3. The first kappa shape index (κ1) is 18.2. The summed E-state index contributed by atoms with van der Waals surface area (Å²) in [6, 6.07) is 6.68. The van der Waals surface area contributed by atoms with Crippen LogP contribution in [0.3, 0.4) is 0 Å². The summed E-state index contributed by atoms with van der Waals surface area (Å²) in [5.74, 6) is 0.576. The van der Waals surface area contributed by atoms with Crippen LogP contribution in [0.25, 0.3) is 11.3 Å². The SMILES string of the molecule is CCC(=O)N1CCN(c2nccc(-c3cccc(C(F)(F)F)c3)n2)CC1. The Morgan fingerprint density at radius 2 is 1.88 bits per heavy atom. The maximum absolute atomic E-state index is 12.9. The molecule has 138 valence electrons. The van der Waals surface area contributed by atoms with Crippen LogP contribution in [0.5, 0.6) is 0 Å². The molecule has 1 aromatic carbocycles. The summed E-state index contributed by atoms with van der Waals surface area (Å²) in [6.07, 6.45) is -2.38. The molecule has 3 rings (SSSR count). The zero-order valence-electron chi connectivity index (χ0n) is 14.3. The molecule has 0 aliphatic carbocycles. The van der Waals surface area contributed by atoms with Crippen LogP contribution in [0.4, 0.5) is 19.1 Å². The van der Waals surface area contributed by atoms with Gasteiger partial charge in [-0.05, 0) is 18.2 Å². The zero-order valence-corrected chi connectivity index (χ0v) is 14.3. The molecule has 0 N–H and O–H groups in total. The molecule has 1 amide bonds. The number of carbonyl (C=O) groups is 1. The van der Waals surface area contributed by atoms with Crippen LogP contribution in [0.15, 0.2) is 36.5 Å². The molecule has 1 saturated heterocycles. The molecule has 26 heavy (non-hydrogen) atoms. The molecule has 0 radical (unpaired) electrons. The highest BCUT2D eigenvalue weighted by molar-refractivity contribution is 5.76. The third-order valence-electron chi connectivity index (χ3n) is 4.35. The van der Waals surface area contributed by atoms with E-state index in [0.29, 0.717) is 49.8 Å². The monoisotopic (exact) mass is 364 g/mol. The minimum Gasteiger partial charge on any atom is -0.339 e. The molecular weight excluding hydrogens is 345 g/mol. The lowest BCUT2D eigenvalue weighted by Gasteiger charge is -2.34. The molecule has 1 aliphatic heterocycles. The van der Waals surface area contributed by atoms with Crippen LogP contribution in [0.2, 0.25) is 0 Å². The number of carbonyl (C=O) groups excluding carboxylic acids is 1. The summed E-state index contributed by atoms with van der Waals surface area (Å²) in [5.41, 5.74) is 0.123. The Morgan fingerprint density at radius 1 is 1.15 bits per heavy atom. The van der Waals surface area contributed by atoms with Crippen molar-refractivity contribution in [1.29, 1.82) is 0 Å². The second-order valence-corrected chi connectivity index (χ2v) is 6.04. The van der Waals surface area contributed by atoms with Gasteiger partial charge in [-0.1, -0.05) is 19.1 Å². The quantitative estimate of drug-likeness (QED) is 0.839. The van der Waals surface area contributed by atoms with Gasteiger partial charge in [0.05, 0.1) is 11.3 Å². The van der Waals surface area contributed by atoms with Crippen molar-refractivity contribution in [2.24, 2.45) is 0 Å². The number of amides is 1. The molecule has 0 spiro atoms. The number of piperazine rings is 1. The van der Waals surface area contributed by atoms with Crippen LogP contribution < -0.4 is 4.90 Å². The third kappa shape index (κ3) is 3.95. The van der Waals surface area contributed by atoms with Crippen molar-refractivity contribution in [2.45, 2.75) is 19.5 Å². The van der Waals surface area contributed by atoms with Crippen molar-refractivity contribution < 1.29 is 18.0 Å².